The summed E-state index contributed by atoms with van der Waals surface area (Å²) in [7, 11) is 0. The Kier molecular flexibility index (Phi) is 3.27. The topological polar surface area (TPSA) is 68.0 Å². The first-order valence-corrected chi connectivity index (χ1v) is 6.24. The van der Waals surface area contributed by atoms with E-state index in [1.165, 1.54) is 0 Å². The largest absolute Gasteiger partial charge is 0.394 e. The molecule has 2 fully saturated rings. The van der Waals surface area contributed by atoms with Crippen molar-refractivity contribution in [2.75, 3.05) is 6.61 Å². The normalized spacial score (nSPS) is 42.9. The van der Waals surface area contributed by atoms with Crippen molar-refractivity contribution in [2.45, 2.75) is 64.1 Å². The molecule has 3 N–H and O–H groups in total. The predicted octanol–water partition coefficient (Wildman–Crippen LogP) is 0.667. The minimum absolute atomic E-state index is 0.0107. The molecule has 0 radical (unpaired) electrons. The second kappa shape index (κ2) is 4.26. The van der Waals surface area contributed by atoms with Gasteiger partial charge in [-0.2, -0.15) is 0 Å². The molecule has 5 unspecified atom stereocenters. The molecule has 0 saturated carbocycles. The summed E-state index contributed by atoms with van der Waals surface area (Å²) >= 11 is 0. The standard InChI is InChI=1S/C12H23NO3/c1-4-12(3,5-2)11-8(13)10-9(16-10)7(6-14)15-11/h7-11,14H,4-6,13H2,1-3H3. The van der Waals surface area contributed by atoms with Crippen molar-refractivity contribution in [3.05, 3.63) is 0 Å². The fourth-order valence-corrected chi connectivity index (χ4v) is 2.70. The summed E-state index contributed by atoms with van der Waals surface area (Å²) in [6, 6.07) is -0.0577. The van der Waals surface area contributed by atoms with Gasteiger partial charge in [0.15, 0.2) is 0 Å². The minimum atomic E-state index is -0.188. The molecule has 0 bridgehead atoms. The summed E-state index contributed by atoms with van der Waals surface area (Å²) in [5.41, 5.74) is 6.26. The molecule has 0 aromatic heterocycles. The van der Waals surface area contributed by atoms with E-state index < -0.39 is 0 Å². The summed E-state index contributed by atoms with van der Waals surface area (Å²) in [6.45, 7) is 6.54. The number of fused-ring (bicyclic) bond motifs is 1. The SMILES string of the molecule is CCC(C)(CC)C1OC(CO)C2OC2C1N. The number of hydrogen-bond donors (Lipinski definition) is 2. The van der Waals surface area contributed by atoms with Crippen LogP contribution >= 0.6 is 0 Å². The van der Waals surface area contributed by atoms with Crippen LogP contribution < -0.4 is 5.73 Å². The first kappa shape index (κ1) is 12.3. The Morgan fingerprint density at radius 3 is 2.31 bits per heavy atom. The van der Waals surface area contributed by atoms with E-state index in [-0.39, 0.29) is 42.5 Å². The van der Waals surface area contributed by atoms with Gasteiger partial charge in [0.1, 0.15) is 18.3 Å². The quantitative estimate of drug-likeness (QED) is 0.695. The lowest BCUT2D eigenvalue weighted by Crippen LogP contribution is -2.57. The van der Waals surface area contributed by atoms with Gasteiger partial charge in [-0.05, 0) is 18.3 Å². The first-order chi connectivity index (χ1) is 7.57. The molecule has 2 rings (SSSR count). The van der Waals surface area contributed by atoms with E-state index in [0.29, 0.717) is 0 Å². The van der Waals surface area contributed by atoms with E-state index in [9.17, 15) is 5.11 Å². The zero-order valence-electron chi connectivity index (χ0n) is 10.3. The molecule has 4 heteroatoms. The number of nitrogens with two attached hydrogens (primary N) is 1. The van der Waals surface area contributed by atoms with Gasteiger partial charge < -0.3 is 20.3 Å². The summed E-state index contributed by atoms with van der Waals surface area (Å²) in [5, 5.41) is 9.26. The molecule has 2 saturated heterocycles. The smallest absolute Gasteiger partial charge is 0.114 e. The lowest BCUT2D eigenvalue weighted by Gasteiger charge is -2.42. The highest BCUT2D eigenvalue weighted by Gasteiger charge is 2.58. The van der Waals surface area contributed by atoms with Crippen LogP contribution in [0.4, 0.5) is 0 Å². The minimum Gasteiger partial charge on any atom is -0.394 e. The van der Waals surface area contributed by atoms with Gasteiger partial charge >= 0.3 is 0 Å². The van der Waals surface area contributed by atoms with Crippen LogP contribution in [-0.4, -0.2) is 42.2 Å². The molecule has 4 nitrogen and oxygen atoms in total. The average Bonchev–Trinajstić information content (AvgIpc) is 3.09. The van der Waals surface area contributed by atoms with E-state index in [4.69, 9.17) is 15.2 Å². The van der Waals surface area contributed by atoms with Gasteiger partial charge in [-0.25, -0.2) is 0 Å². The number of aliphatic hydroxyl groups is 1. The monoisotopic (exact) mass is 229 g/mol. The Bertz CT molecular complexity index is 255. The van der Waals surface area contributed by atoms with Gasteiger partial charge in [0.25, 0.3) is 0 Å². The molecule has 0 aromatic rings. The van der Waals surface area contributed by atoms with Crippen molar-refractivity contribution in [1.82, 2.24) is 0 Å². The molecule has 0 spiro atoms. The van der Waals surface area contributed by atoms with Gasteiger partial charge in [0.05, 0.1) is 18.8 Å². The van der Waals surface area contributed by atoms with Gasteiger partial charge in [-0.3, -0.25) is 0 Å². The second-order valence-electron chi connectivity index (χ2n) is 5.28. The van der Waals surface area contributed by atoms with Crippen LogP contribution in [0.25, 0.3) is 0 Å². The maximum absolute atomic E-state index is 9.26. The highest BCUT2D eigenvalue weighted by Crippen LogP contribution is 2.44. The molecule has 0 amide bonds. The van der Waals surface area contributed by atoms with Crippen LogP contribution in [0.5, 0.6) is 0 Å². The van der Waals surface area contributed by atoms with Crippen LogP contribution in [0.2, 0.25) is 0 Å². The molecule has 2 aliphatic rings. The van der Waals surface area contributed by atoms with Crippen molar-refractivity contribution in [3.63, 3.8) is 0 Å². The molecular formula is C12H23NO3. The van der Waals surface area contributed by atoms with Crippen LogP contribution in [0.15, 0.2) is 0 Å². The fraction of sp³-hybridized carbons (Fsp3) is 1.00. The molecule has 0 aromatic carbocycles. The Labute approximate surface area is 97.1 Å². The molecule has 5 atom stereocenters. The number of epoxide rings is 1. The first-order valence-electron chi connectivity index (χ1n) is 6.24. The third-order valence-electron chi connectivity index (χ3n) is 4.46. The molecular weight excluding hydrogens is 206 g/mol. The van der Waals surface area contributed by atoms with Crippen molar-refractivity contribution < 1.29 is 14.6 Å². The average molecular weight is 229 g/mol. The lowest BCUT2D eigenvalue weighted by atomic mass is 9.74. The van der Waals surface area contributed by atoms with E-state index in [1.807, 2.05) is 0 Å². The van der Waals surface area contributed by atoms with Crippen LogP contribution in [0, 0.1) is 5.41 Å². The summed E-state index contributed by atoms with van der Waals surface area (Å²) in [4.78, 5) is 0. The zero-order valence-corrected chi connectivity index (χ0v) is 10.3. The predicted molar refractivity (Wildman–Crippen MR) is 61.1 cm³/mol. The Morgan fingerprint density at radius 1 is 1.19 bits per heavy atom. The highest BCUT2D eigenvalue weighted by atomic mass is 16.6. The maximum Gasteiger partial charge on any atom is 0.114 e. The molecule has 0 aliphatic carbocycles. The Hall–Kier alpha value is -0.160. The Balaban J connectivity index is 2.13. The van der Waals surface area contributed by atoms with E-state index in [1.54, 1.807) is 0 Å². The van der Waals surface area contributed by atoms with E-state index in [0.717, 1.165) is 12.8 Å². The lowest BCUT2D eigenvalue weighted by molar-refractivity contribution is -0.123. The van der Waals surface area contributed by atoms with E-state index >= 15 is 0 Å². The molecule has 94 valence electrons. The van der Waals surface area contributed by atoms with Gasteiger partial charge in [-0.1, -0.05) is 20.8 Å². The molecule has 16 heavy (non-hydrogen) atoms. The van der Waals surface area contributed by atoms with Crippen molar-refractivity contribution >= 4 is 0 Å². The number of rotatable bonds is 4. The number of ether oxygens (including phenoxy) is 2. The van der Waals surface area contributed by atoms with Crippen LogP contribution in [0.1, 0.15) is 33.6 Å². The molecule has 2 heterocycles. The van der Waals surface area contributed by atoms with E-state index in [2.05, 4.69) is 20.8 Å². The third kappa shape index (κ3) is 1.78. The third-order valence-corrected chi connectivity index (χ3v) is 4.46. The van der Waals surface area contributed by atoms with Crippen molar-refractivity contribution in [3.8, 4) is 0 Å². The maximum atomic E-state index is 9.26. The summed E-state index contributed by atoms with van der Waals surface area (Å²) < 4.78 is 11.4. The Morgan fingerprint density at radius 2 is 1.81 bits per heavy atom. The summed E-state index contributed by atoms with van der Waals surface area (Å²) in [6.07, 6.45) is 1.97. The number of aliphatic hydroxyl groups excluding tert-OH is 1. The second-order valence-corrected chi connectivity index (χ2v) is 5.28. The fourth-order valence-electron chi connectivity index (χ4n) is 2.70. The number of hydrogen-bond acceptors (Lipinski definition) is 4. The van der Waals surface area contributed by atoms with Gasteiger partial charge in [-0.15, -0.1) is 0 Å². The van der Waals surface area contributed by atoms with Gasteiger partial charge in [0.2, 0.25) is 0 Å². The summed E-state index contributed by atoms with van der Waals surface area (Å²) in [5.74, 6) is 0. The van der Waals surface area contributed by atoms with Crippen LogP contribution in [-0.2, 0) is 9.47 Å². The van der Waals surface area contributed by atoms with Crippen molar-refractivity contribution in [1.29, 1.82) is 0 Å². The highest BCUT2D eigenvalue weighted by molar-refractivity contribution is 5.08. The zero-order chi connectivity index (χ0) is 11.9. The van der Waals surface area contributed by atoms with Crippen molar-refractivity contribution in [2.24, 2.45) is 11.1 Å². The molecule has 2 aliphatic heterocycles. The van der Waals surface area contributed by atoms with Crippen LogP contribution in [0.3, 0.4) is 0 Å². The van der Waals surface area contributed by atoms with Gasteiger partial charge in [0, 0.05) is 0 Å².